The lowest BCUT2D eigenvalue weighted by atomic mass is 9.74. The summed E-state index contributed by atoms with van der Waals surface area (Å²) in [6, 6.07) is 9.22. The molecule has 1 spiro atoms. The topological polar surface area (TPSA) is 121 Å². The Labute approximate surface area is 221 Å². The maximum atomic E-state index is 11.6. The fraction of sp³-hybridized carbons (Fsp3) is 0.407. The second kappa shape index (κ2) is 10.9. The Balaban J connectivity index is 0.00000156. The van der Waals surface area contributed by atoms with E-state index in [9.17, 15) is 4.21 Å². The van der Waals surface area contributed by atoms with Crippen molar-refractivity contribution >= 4 is 28.2 Å². The number of ether oxygens (including phenoxy) is 1. The number of nitrogen functional groups attached to an aromatic ring is 1. The number of aromatic nitrogens is 3. The van der Waals surface area contributed by atoms with Crippen LogP contribution in [0.4, 0.5) is 11.5 Å². The van der Waals surface area contributed by atoms with E-state index in [4.69, 9.17) is 15.9 Å². The fourth-order valence-corrected chi connectivity index (χ4v) is 5.64. The van der Waals surface area contributed by atoms with Gasteiger partial charge in [-0.15, -0.1) is 0 Å². The van der Waals surface area contributed by atoms with Crippen LogP contribution in [0.2, 0.25) is 0 Å². The van der Waals surface area contributed by atoms with Crippen LogP contribution < -0.4 is 15.4 Å². The molecule has 1 aromatic carbocycles. The molecule has 2 aliphatic rings. The standard InChI is InChI=1S/C25H29N7O2S.C2H6/c1-16-9-29-30-17(2)21(16)11-34-19-5-6-22(26)20(8-19)24(27)18-4-7-23(28-10-18)31-12-25(13-31)14-32(15-25)35(3)33;1-2/h4-10,27H,11-15,26H2,1-3H3;1-2H3. The Bertz CT molecular complexity index is 1280. The third kappa shape index (κ3) is 5.50. The van der Waals surface area contributed by atoms with Crippen LogP contribution in [0.1, 0.15) is 41.8 Å². The van der Waals surface area contributed by atoms with E-state index in [0.29, 0.717) is 34.9 Å². The third-order valence-electron chi connectivity index (χ3n) is 6.85. The van der Waals surface area contributed by atoms with Crippen molar-refractivity contribution in [1.29, 1.82) is 5.41 Å². The van der Waals surface area contributed by atoms with Gasteiger partial charge in [0.15, 0.2) is 0 Å². The van der Waals surface area contributed by atoms with E-state index in [2.05, 4.69) is 20.1 Å². The molecule has 0 radical (unpaired) electrons. The zero-order valence-electron chi connectivity index (χ0n) is 22.1. The predicted octanol–water partition coefficient (Wildman–Crippen LogP) is 3.51. The molecule has 2 aromatic heterocycles. The molecule has 0 saturated carbocycles. The minimum Gasteiger partial charge on any atom is -0.489 e. The van der Waals surface area contributed by atoms with Gasteiger partial charge in [0.05, 0.1) is 28.6 Å². The lowest BCUT2D eigenvalue weighted by molar-refractivity contribution is 0.0434. The molecule has 9 nitrogen and oxygen atoms in total. The van der Waals surface area contributed by atoms with Gasteiger partial charge in [-0.3, -0.25) is 5.41 Å². The zero-order chi connectivity index (χ0) is 26.7. The van der Waals surface area contributed by atoms with E-state index in [0.717, 1.165) is 48.8 Å². The van der Waals surface area contributed by atoms with Gasteiger partial charge in [-0.1, -0.05) is 13.8 Å². The van der Waals surface area contributed by atoms with Crippen molar-refractivity contribution in [3.05, 3.63) is 70.7 Å². The number of hydrogen-bond acceptors (Lipinski definition) is 8. The highest BCUT2D eigenvalue weighted by atomic mass is 32.2. The van der Waals surface area contributed by atoms with Crippen molar-refractivity contribution < 1.29 is 8.95 Å². The summed E-state index contributed by atoms with van der Waals surface area (Å²) in [7, 11) is -0.886. The molecule has 1 atom stereocenters. The zero-order valence-corrected chi connectivity index (χ0v) is 22.9. The number of hydrogen-bond donors (Lipinski definition) is 2. The molecular formula is C27H35N7O2S. The molecule has 3 aromatic rings. The van der Waals surface area contributed by atoms with Gasteiger partial charge in [0.1, 0.15) is 18.2 Å². The highest BCUT2D eigenvalue weighted by Crippen LogP contribution is 2.41. The Hall–Kier alpha value is -3.37. The van der Waals surface area contributed by atoms with E-state index in [-0.39, 0.29) is 5.41 Å². The minimum absolute atomic E-state index is 0.247. The maximum absolute atomic E-state index is 11.6. The summed E-state index contributed by atoms with van der Waals surface area (Å²) in [5.41, 5.74) is 11.4. The lowest BCUT2D eigenvalue weighted by Gasteiger charge is -2.59. The van der Waals surface area contributed by atoms with Crippen molar-refractivity contribution in [3.8, 4) is 5.75 Å². The molecule has 2 saturated heterocycles. The number of rotatable bonds is 7. The van der Waals surface area contributed by atoms with Crippen LogP contribution >= 0.6 is 0 Å². The molecule has 2 fully saturated rings. The van der Waals surface area contributed by atoms with Crippen molar-refractivity contribution in [2.75, 3.05) is 43.1 Å². The second-order valence-corrected chi connectivity index (χ2v) is 10.9. The highest BCUT2D eigenvalue weighted by Gasteiger charge is 2.53. The number of pyridine rings is 1. The van der Waals surface area contributed by atoms with Crippen molar-refractivity contribution in [1.82, 2.24) is 19.5 Å². The molecule has 1 unspecified atom stereocenters. The molecule has 196 valence electrons. The van der Waals surface area contributed by atoms with Gasteiger partial charge in [0, 0.05) is 66.4 Å². The summed E-state index contributed by atoms with van der Waals surface area (Å²) >= 11 is 0. The molecule has 2 aliphatic heterocycles. The van der Waals surface area contributed by atoms with Crippen LogP contribution in [0.3, 0.4) is 0 Å². The maximum Gasteiger partial charge on any atom is 0.128 e. The molecule has 37 heavy (non-hydrogen) atoms. The molecule has 0 bridgehead atoms. The highest BCUT2D eigenvalue weighted by molar-refractivity contribution is 7.81. The summed E-state index contributed by atoms with van der Waals surface area (Å²) in [6.07, 6.45) is 5.17. The van der Waals surface area contributed by atoms with Gasteiger partial charge in [-0.2, -0.15) is 10.2 Å². The molecule has 3 N–H and O–H groups in total. The predicted molar refractivity (Wildman–Crippen MR) is 148 cm³/mol. The molecule has 5 rings (SSSR count). The van der Waals surface area contributed by atoms with Gasteiger partial charge in [0.2, 0.25) is 0 Å². The third-order valence-corrected chi connectivity index (χ3v) is 7.83. The normalized spacial score (nSPS) is 16.7. The SMILES string of the molecule is CC.Cc1cnnc(C)c1COc1ccc(N)c(C(=N)c2ccc(N3CC4(C3)CN(S(C)=O)C4)nc2)c1. The van der Waals surface area contributed by atoms with Gasteiger partial charge in [-0.05, 0) is 49.7 Å². The molecule has 0 aliphatic carbocycles. The number of benzene rings is 1. The van der Waals surface area contributed by atoms with Crippen LogP contribution in [0.5, 0.6) is 5.75 Å². The van der Waals surface area contributed by atoms with Crippen LogP contribution in [-0.2, 0) is 17.6 Å². The van der Waals surface area contributed by atoms with Crippen molar-refractivity contribution in [2.45, 2.75) is 34.3 Å². The number of aryl methyl sites for hydroxylation is 2. The molecule has 0 amide bonds. The largest absolute Gasteiger partial charge is 0.489 e. The van der Waals surface area contributed by atoms with Crippen LogP contribution in [0, 0.1) is 24.7 Å². The quantitative estimate of drug-likeness (QED) is 0.360. The Morgan fingerprint density at radius 1 is 1.14 bits per heavy atom. The van der Waals surface area contributed by atoms with Gasteiger partial charge in [0.25, 0.3) is 0 Å². The monoisotopic (exact) mass is 521 g/mol. The van der Waals surface area contributed by atoms with Crippen LogP contribution in [0.15, 0.2) is 42.7 Å². The Morgan fingerprint density at radius 2 is 1.86 bits per heavy atom. The molecular weight excluding hydrogens is 486 g/mol. The summed E-state index contributed by atoms with van der Waals surface area (Å²) in [6.45, 7) is 11.9. The first-order valence-electron chi connectivity index (χ1n) is 12.4. The molecule has 10 heteroatoms. The lowest BCUT2D eigenvalue weighted by Crippen LogP contribution is -2.72. The minimum atomic E-state index is -0.886. The van der Waals surface area contributed by atoms with Crippen molar-refractivity contribution in [2.24, 2.45) is 5.41 Å². The smallest absolute Gasteiger partial charge is 0.128 e. The Kier molecular flexibility index (Phi) is 7.89. The van der Waals surface area contributed by atoms with Gasteiger partial charge < -0.3 is 15.4 Å². The first-order valence-corrected chi connectivity index (χ1v) is 13.9. The van der Waals surface area contributed by atoms with E-state index in [1.165, 1.54) is 0 Å². The van der Waals surface area contributed by atoms with Gasteiger partial charge in [-0.25, -0.2) is 13.5 Å². The Morgan fingerprint density at radius 3 is 2.49 bits per heavy atom. The van der Waals surface area contributed by atoms with E-state index < -0.39 is 11.0 Å². The van der Waals surface area contributed by atoms with Crippen molar-refractivity contribution in [3.63, 3.8) is 0 Å². The number of nitrogens with zero attached hydrogens (tertiary/aromatic N) is 5. The van der Waals surface area contributed by atoms with Crippen LogP contribution in [0.25, 0.3) is 0 Å². The molecule has 4 heterocycles. The van der Waals surface area contributed by atoms with E-state index in [1.807, 2.05) is 50.2 Å². The van der Waals surface area contributed by atoms with E-state index >= 15 is 0 Å². The number of anilines is 2. The average molecular weight is 522 g/mol. The first-order chi connectivity index (χ1) is 17.7. The summed E-state index contributed by atoms with van der Waals surface area (Å²) in [5, 5.41) is 16.8. The fourth-order valence-electron chi connectivity index (χ4n) is 4.73. The first kappa shape index (κ1) is 26.7. The van der Waals surface area contributed by atoms with E-state index in [1.54, 1.807) is 30.8 Å². The second-order valence-electron chi connectivity index (χ2n) is 9.49. The average Bonchev–Trinajstić information content (AvgIpc) is 2.84. The number of nitrogens with one attached hydrogen (secondary N) is 1. The summed E-state index contributed by atoms with van der Waals surface area (Å²) in [5.74, 6) is 1.53. The summed E-state index contributed by atoms with van der Waals surface area (Å²) < 4.78 is 19.6. The van der Waals surface area contributed by atoms with Crippen LogP contribution in [-0.4, -0.2) is 61.8 Å². The summed E-state index contributed by atoms with van der Waals surface area (Å²) in [4.78, 5) is 6.83. The number of nitrogens with two attached hydrogens (primary N) is 1. The van der Waals surface area contributed by atoms with Gasteiger partial charge >= 0.3 is 0 Å².